The molecule has 7 nitrogen and oxygen atoms in total. The minimum atomic E-state index is -5.08. The van der Waals surface area contributed by atoms with Crippen LogP contribution in [-0.4, -0.2) is 35.6 Å². The summed E-state index contributed by atoms with van der Waals surface area (Å²) in [6, 6.07) is 24.1. The van der Waals surface area contributed by atoms with Crippen LogP contribution in [0.3, 0.4) is 0 Å². The summed E-state index contributed by atoms with van der Waals surface area (Å²) in [6.07, 6.45) is -5.08. The summed E-state index contributed by atoms with van der Waals surface area (Å²) in [5.41, 5.74) is 9.64. The second-order valence-corrected chi connectivity index (χ2v) is 8.26. The quantitative estimate of drug-likeness (QED) is 0.401. The minimum Gasteiger partial charge on any atom is -0.475 e. The first-order valence-electron chi connectivity index (χ1n) is 11.3. The van der Waals surface area contributed by atoms with Gasteiger partial charge in [0.2, 0.25) is 5.91 Å². The number of hydrogen-bond donors (Lipinski definition) is 3. The smallest absolute Gasteiger partial charge is 0.475 e. The molecule has 0 aliphatic carbocycles. The third-order valence-corrected chi connectivity index (χ3v) is 5.13. The average molecular weight is 516 g/mol. The largest absolute Gasteiger partial charge is 0.490 e. The van der Waals surface area contributed by atoms with Gasteiger partial charge >= 0.3 is 12.1 Å². The van der Waals surface area contributed by atoms with E-state index >= 15 is 0 Å². The highest BCUT2D eigenvalue weighted by Gasteiger charge is 2.38. The predicted molar refractivity (Wildman–Crippen MR) is 135 cm³/mol. The second-order valence-electron chi connectivity index (χ2n) is 8.26. The van der Waals surface area contributed by atoms with E-state index in [4.69, 9.17) is 15.6 Å². The molecule has 4 N–H and O–H groups in total. The van der Waals surface area contributed by atoms with Gasteiger partial charge in [0.05, 0.1) is 0 Å². The van der Waals surface area contributed by atoms with Gasteiger partial charge < -0.3 is 16.2 Å². The third kappa shape index (κ3) is 9.08. The molecular weight excluding hydrogens is 487 g/mol. The Labute approximate surface area is 212 Å². The van der Waals surface area contributed by atoms with Gasteiger partial charge in [-0.15, -0.1) is 0 Å². The summed E-state index contributed by atoms with van der Waals surface area (Å²) in [4.78, 5) is 36.4. The first-order valence-corrected chi connectivity index (χ1v) is 11.3. The van der Waals surface area contributed by atoms with Gasteiger partial charge in [0.1, 0.15) is 6.54 Å². The zero-order chi connectivity index (χ0) is 27.6. The number of carboxylic acids is 1. The highest BCUT2D eigenvalue weighted by atomic mass is 19.4. The molecule has 0 bridgehead atoms. The molecule has 0 saturated heterocycles. The molecule has 10 heteroatoms. The molecule has 0 unspecified atom stereocenters. The summed E-state index contributed by atoms with van der Waals surface area (Å²) < 4.78 is 31.7. The molecule has 3 aromatic carbocycles. The van der Waals surface area contributed by atoms with Gasteiger partial charge in [0.25, 0.3) is 5.91 Å². The highest BCUT2D eigenvalue weighted by Crippen LogP contribution is 2.20. The number of halogens is 3. The first kappa shape index (κ1) is 29.1. The van der Waals surface area contributed by atoms with Crippen LogP contribution >= 0.6 is 0 Å². The van der Waals surface area contributed by atoms with E-state index in [1.807, 2.05) is 60.7 Å². The Morgan fingerprint density at radius 2 is 1.54 bits per heavy atom. The fourth-order valence-corrected chi connectivity index (χ4v) is 3.17. The third-order valence-electron chi connectivity index (χ3n) is 5.13. The van der Waals surface area contributed by atoms with Crippen LogP contribution in [0.2, 0.25) is 0 Å². The highest BCUT2D eigenvalue weighted by molar-refractivity contribution is 6.10. The number of nitrogens with two attached hydrogens (primary N) is 1. The summed E-state index contributed by atoms with van der Waals surface area (Å²) in [5.74, 6) is -2.85. The van der Waals surface area contributed by atoms with E-state index < -0.39 is 12.1 Å². The fourth-order valence-electron chi connectivity index (χ4n) is 3.17. The zero-order valence-corrected chi connectivity index (χ0v) is 20.3. The molecule has 0 aliphatic heterocycles. The maximum Gasteiger partial charge on any atom is 0.490 e. The lowest BCUT2D eigenvalue weighted by Crippen LogP contribution is -2.38. The van der Waals surface area contributed by atoms with E-state index in [0.29, 0.717) is 29.4 Å². The van der Waals surface area contributed by atoms with E-state index in [9.17, 15) is 22.8 Å². The van der Waals surface area contributed by atoms with Gasteiger partial charge in [-0.05, 0) is 53.4 Å². The summed E-state index contributed by atoms with van der Waals surface area (Å²) >= 11 is 0. The molecule has 0 aliphatic rings. The molecule has 37 heavy (non-hydrogen) atoms. The van der Waals surface area contributed by atoms with Crippen molar-refractivity contribution in [3.05, 3.63) is 95.6 Å². The van der Waals surface area contributed by atoms with Gasteiger partial charge in [-0.25, -0.2) is 4.79 Å². The van der Waals surface area contributed by atoms with Crippen LogP contribution in [0, 0.1) is 0 Å². The number of anilines is 2. The van der Waals surface area contributed by atoms with E-state index in [0.717, 1.165) is 5.56 Å². The fraction of sp³-hybridized carbons (Fsp3) is 0.222. The number of carbonyl (C=O) groups excluding carboxylic acids is 2. The Morgan fingerprint density at radius 3 is 2.05 bits per heavy atom. The lowest BCUT2D eigenvalue weighted by atomic mass is 10.0. The first-order chi connectivity index (χ1) is 17.4. The molecule has 0 heterocycles. The van der Waals surface area contributed by atoms with Gasteiger partial charge in [-0.1, -0.05) is 56.3 Å². The maximum absolute atomic E-state index is 13.2. The molecule has 0 aromatic heterocycles. The van der Waals surface area contributed by atoms with Crippen LogP contribution in [0.4, 0.5) is 24.5 Å². The van der Waals surface area contributed by atoms with E-state index in [2.05, 4.69) is 19.2 Å². The van der Waals surface area contributed by atoms with E-state index in [-0.39, 0.29) is 18.4 Å². The topological polar surface area (TPSA) is 113 Å². The van der Waals surface area contributed by atoms with Crippen LogP contribution in [0.5, 0.6) is 0 Å². The Kier molecular flexibility index (Phi) is 10.4. The summed E-state index contributed by atoms with van der Waals surface area (Å²) in [6.45, 7) is 4.49. The minimum absolute atomic E-state index is 0.0956. The van der Waals surface area contributed by atoms with Gasteiger partial charge in [-0.2, -0.15) is 13.2 Å². The van der Waals surface area contributed by atoms with Gasteiger partial charge in [0.15, 0.2) is 0 Å². The summed E-state index contributed by atoms with van der Waals surface area (Å²) in [5, 5.41) is 10.0. The molecule has 2 amide bonds. The van der Waals surface area contributed by atoms with E-state index in [1.165, 1.54) is 10.5 Å². The van der Waals surface area contributed by atoms with Crippen molar-refractivity contribution in [2.45, 2.75) is 32.5 Å². The SMILES string of the molecule is CC(C)c1ccc(NC(=O)CN(C(=O)c2cccc(CN)c2)c2ccccc2)cc1.O=C(O)C(F)(F)F. The number of benzene rings is 3. The van der Waals surface area contributed by atoms with Crippen molar-refractivity contribution in [1.82, 2.24) is 0 Å². The number of aliphatic carboxylic acids is 1. The zero-order valence-electron chi connectivity index (χ0n) is 20.3. The Morgan fingerprint density at radius 1 is 0.946 bits per heavy atom. The maximum atomic E-state index is 13.2. The Hall–Kier alpha value is -4.18. The van der Waals surface area contributed by atoms with Crippen molar-refractivity contribution in [2.24, 2.45) is 5.73 Å². The standard InChI is InChI=1S/C25H27N3O2.C2HF3O2/c1-18(2)20-11-13-22(14-12-20)27-24(29)17-28(23-9-4-3-5-10-23)25(30)21-8-6-7-19(15-21)16-26;3-2(4,5)1(6)7/h3-15,18H,16-17,26H2,1-2H3,(H,27,29);(H,6,7). The second kappa shape index (κ2) is 13.2. The number of rotatable bonds is 7. The van der Waals surface area contributed by atoms with Crippen molar-refractivity contribution in [1.29, 1.82) is 0 Å². The van der Waals surface area contributed by atoms with Crippen LogP contribution in [0.25, 0.3) is 0 Å². The lowest BCUT2D eigenvalue weighted by Gasteiger charge is -2.23. The van der Waals surface area contributed by atoms with Crippen LogP contribution in [0.15, 0.2) is 78.9 Å². The number of carbonyl (C=O) groups is 3. The molecule has 0 atom stereocenters. The predicted octanol–water partition coefficient (Wildman–Crippen LogP) is 5.19. The Bertz CT molecular complexity index is 1200. The van der Waals surface area contributed by atoms with Crippen molar-refractivity contribution < 1.29 is 32.7 Å². The van der Waals surface area contributed by atoms with Crippen molar-refractivity contribution in [2.75, 3.05) is 16.8 Å². The molecule has 196 valence electrons. The molecule has 3 aromatic rings. The van der Waals surface area contributed by atoms with Crippen molar-refractivity contribution in [3.63, 3.8) is 0 Å². The van der Waals surface area contributed by atoms with Crippen LogP contribution in [-0.2, 0) is 16.1 Å². The number of alkyl halides is 3. The van der Waals surface area contributed by atoms with Gasteiger partial charge in [0, 0.05) is 23.5 Å². The van der Waals surface area contributed by atoms with Gasteiger partial charge in [-0.3, -0.25) is 14.5 Å². The number of carboxylic acid groups (broad SMARTS) is 1. The van der Waals surface area contributed by atoms with E-state index in [1.54, 1.807) is 18.2 Å². The lowest BCUT2D eigenvalue weighted by molar-refractivity contribution is -0.192. The average Bonchev–Trinajstić information content (AvgIpc) is 2.87. The monoisotopic (exact) mass is 515 g/mol. The molecular formula is C27H28F3N3O4. The molecule has 0 saturated carbocycles. The molecule has 0 fully saturated rings. The normalized spacial score (nSPS) is 10.8. The Balaban J connectivity index is 0.000000604. The number of para-hydroxylation sites is 1. The van der Waals surface area contributed by atoms with Crippen LogP contribution < -0.4 is 16.0 Å². The molecule has 3 rings (SSSR count). The van der Waals surface area contributed by atoms with Crippen molar-refractivity contribution in [3.8, 4) is 0 Å². The number of nitrogens with zero attached hydrogens (tertiary/aromatic N) is 1. The summed E-state index contributed by atoms with van der Waals surface area (Å²) in [7, 11) is 0. The number of hydrogen-bond acceptors (Lipinski definition) is 4. The number of nitrogens with one attached hydrogen (secondary N) is 1. The number of amides is 2. The molecule has 0 spiro atoms. The van der Waals surface area contributed by atoms with Crippen molar-refractivity contribution >= 4 is 29.2 Å². The molecule has 0 radical (unpaired) electrons. The van der Waals surface area contributed by atoms with Crippen LogP contribution in [0.1, 0.15) is 41.3 Å².